The highest BCUT2D eigenvalue weighted by atomic mass is 16.1. The number of nitrogens with one attached hydrogen (secondary N) is 1. The van der Waals surface area contributed by atoms with Crippen LogP contribution in [0.15, 0.2) is 55.0 Å². The molecule has 1 unspecified atom stereocenters. The van der Waals surface area contributed by atoms with Gasteiger partial charge in [0, 0.05) is 36.8 Å². The number of pyridine rings is 1. The van der Waals surface area contributed by atoms with Crippen LogP contribution < -0.4 is 11.1 Å². The van der Waals surface area contributed by atoms with E-state index in [4.69, 9.17) is 5.73 Å². The fourth-order valence-corrected chi connectivity index (χ4v) is 2.95. The largest absolute Gasteiger partial charge is 0.397 e. The van der Waals surface area contributed by atoms with Crippen molar-refractivity contribution in [3.05, 3.63) is 66.4 Å². The van der Waals surface area contributed by atoms with Gasteiger partial charge in [0.1, 0.15) is 5.82 Å². The monoisotopic (exact) mass is 349 g/mol. The second-order valence-corrected chi connectivity index (χ2v) is 6.23. The second kappa shape index (κ2) is 7.82. The fourth-order valence-electron chi connectivity index (χ4n) is 2.95. The van der Waals surface area contributed by atoms with E-state index in [2.05, 4.69) is 22.2 Å². The number of hydrogen-bond acceptors (Lipinski definition) is 4. The standard InChI is InChI=1S/C20H23N5O/c1-3-5-17(19-23-12-13-25(19)2)24-20(26)15-9-7-14(8-10-15)18-16(21)6-4-11-22-18/h4,6-13,17H,3,5,21H2,1-2H3,(H,24,26). The highest BCUT2D eigenvalue weighted by molar-refractivity contribution is 5.95. The van der Waals surface area contributed by atoms with Crippen molar-refractivity contribution < 1.29 is 4.79 Å². The number of nitrogens with two attached hydrogens (primary N) is 1. The maximum Gasteiger partial charge on any atom is 0.251 e. The van der Waals surface area contributed by atoms with Crippen LogP contribution >= 0.6 is 0 Å². The Morgan fingerprint density at radius 1 is 1.19 bits per heavy atom. The third-order valence-corrected chi connectivity index (χ3v) is 4.31. The van der Waals surface area contributed by atoms with Gasteiger partial charge in [0.05, 0.1) is 17.4 Å². The molecule has 3 aromatic rings. The molecule has 0 aliphatic carbocycles. The number of amides is 1. The molecule has 6 nitrogen and oxygen atoms in total. The lowest BCUT2D eigenvalue weighted by Crippen LogP contribution is -2.30. The van der Waals surface area contributed by atoms with Gasteiger partial charge >= 0.3 is 0 Å². The normalized spacial score (nSPS) is 11.9. The Morgan fingerprint density at radius 2 is 1.96 bits per heavy atom. The first-order chi connectivity index (χ1) is 12.6. The summed E-state index contributed by atoms with van der Waals surface area (Å²) in [5, 5.41) is 3.09. The molecular weight excluding hydrogens is 326 g/mol. The van der Waals surface area contributed by atoms with Crippen LogP contribution in [0.1, 0.15) is 42.0 Å². The summed E-state index contributed by atoms with van der Waals surface area (Å²) < 4.78 is 1.94. The van der Waals surface area contributed by atoms with Crippen LogP contribution in [-0.2, 0) is 7.05 Å². The van der Waals surface area contributed by atoms with E-state index in [1.165, 1.54) is 0 Å². The number of anilines is 1. The summed E-state index contributed by atoms with van der Waals surface area (Å²) in [7, 11) is 1.93. The van der Waals surface area contributed by atoms with Crippen LogP contribution in [0.5, 0.6) is 0 Å². The number of imidazole rings is 1. The van der Waals surface area contributed by atoms with Gasteiger partial charge in [-0.2, -0.15) is 0 Å². The van der Waals surface area contributed by atoms with Crippen LogP contribution in [0.2, 0.25) is 0 Å². The number of hydrogen-bond donors (Lipinski definition) is 2. The molecule has 0 aliphatic rings. The van der Waals surface area contributed by atoms with Crippen molar-refractivity contribution in [1.29, 1.82) is 0 Å². The molecule has 3 N–H and O–H groups in total. The van der Waals surface area contributed by atoms with Crippen molar-refractivity contribution >= 4 is 11.6 Å². The van der Waals surface area contributed by atoms with E-state index in [-0.39, 0.29) is 11.9 Å². The van der Waals surface area contributed by atoms with Crippen LogP contribution in [-0.4, -0.2) is 20.4 Å². The maximum atomic E-state index is 12.7. The molecule has 0 saturated carbocycles. The average Bonchev–Trinajstić information content (AvgIpc) is 3.08. The summed E-state index contributed by atoms with van der Waals surface area (Å²) in [5.74, 6) is 0.741. The van der Waals surface area contributed by atoms with E-state index in [1.54, 1.807) is 30.6 Å². The Balaban J connectivity index is 1.77. The van der Waals surface area contributed by atoms with Crippen molar-refractivity contribution in [3.63, 3.8) is 0 Å². The smallest absolute Gasteiger partial charge is 0.251 e. The zero-order valence-corrected chi connectivity index (χ0v) is 15.0. The van der Waals surface area contributed by atoms with Crippen molar-refractivity contribution in [3.8, 4) is 11.3 Å². The highest BCUT2D eigenvalue weighted by Crippen LogP contribution is 2.23. The zero-order chi connectivity index (χ0) is 18.5. The minimum absolute atomic E-state index is 0.112. The van der Waals surface area contributed by atoms with Crippen molar-refractivity contribution in [2.24, 2.45) is 7.05 Å². The summed E-state index contributed by atoms with van der Waals surface area (Å²) in [6, 6.07) is 10.8. The molecule has 26 heavy (non-hydrogen) atoms. The molecule has 1 atom stereocenters. The predicted molar refractivity (Wildman–Crippen MR) is 102 cm³/mol. The molecule has 6 heteroatoms. The average molecular weight is 349 g/mol. The summed E-state index contributed by atoms with van der Waals surface area (Å²) in [6.45, 7) is 2.09. The first kappa shape index (κ1) is 17.7. The van der Waals surface area contributed by atoms with Crippen LogP contribution in [0.3, 0.4) is 0 Å². The second-order valence-electron chi connectivity index (χ2n) is 6.23. The SMILES string of the molecule is CCCC(NC(=O)c1ccc(-c2ncccc2N)cc1)c1nccn1C. The molecule has 2 heterocycles. The molecule has 0 saturated heterocycles. The molecule has 0 spiro atoms. The molecule has 0 fully saturated rings. The van der Waals surface area contributed by atoms with E-state index in [0.717, 1.165) is 29.9 Å². The molecule has 2 aromatic heterocycles. The highest BCUT2D eigenvalue weighted by Gasteiger charge is 2.18. The number of aromatic nitrogens is 3. The first-order valence-electron chi connectivity index (χ1n) is 8.69. The number of rotatable bonds is 6. The van der Waals surface area contributed by atoms with Gasteiger partial charge in [-0.1, -0.05) is 25.5 Å². The molecule has 3 rings (SSSR count). The van der Waals surface area contributed by atoms with Gasteiger partial charge in [0.15, 0.2) is 0 Å². The van der Waals surface area contributed by atoms with Crippen molar-refractivity contribution in [2.75, 3.05) is 5.73 Å². The van der Waals surface area contributed by atoms with E-state index < -0.39 is 0 Å². The van der Waals surface area contributed by atoms with E-state index in [1.807, 2.05) is 36.0 Å². The lowest BCUT2D eigenvalue weighted by molar-refractivity contribution is 0.0932. The van der Waals surface area contributed by atoms with Gasteiger partial charge < -0.3 is 15.6 Å². The Labute approximate surface area is 153 Å². The summed E-state index contributed by atoms with van der Waals surface area (Å²) in [6.07, 6.45) is 7.12. The number of carbonyl (C=O) groups is 1. The Hall–Kier alpha value is -3.15. The fraction of sp³-hybridized carbons (Fsp3) is 0.250. The van der Waals surface area contributed by atoms with Gasteiger partial charge in [0.25, 0.3) is 5.91 Å². The van der Waals surface area contributed by atoms with Gasteiger partial charge in [0.2, 0.25) is 0 Å². The molecule has 0 aliphatic heterocycles. The lowest BCUT2D eigenvalue weighted by atomic mass is 10.1. The van der Waals surface area contributed by atoms with Crippen molar-refractivity contribution in [1.82, 2.24) is 19.9 Å². The zero-order valence-electron chi connectivity index (χ0n) is 15.0. The lowest BCUT2D eigenvalue weighted by Gasteiger charge is -2.18. The van der Waals surface area contributed by atoms with Gasteiger partial charge in [-0.25, -0.2) is 4.98 Å². The topological polar surface area (TPSA) is 85.8 Å². The number of carbonyl (C=O) groups excluding carboxylic acids is 1. The molecular formula is C20H23N5O. The third-order valence-electron chi connectivity index (χ3n) is 4.31. The molecule has 0 bridgehead atoms. The molecule has 134 valence electrons. The molecule has 0 radical (unpaired) electrons. The van der Waals surface area contributed by atoms with Crippen LogP contribution in [0, 0.1) is 0 Å². The quantitative estimate of drug-likeness (QED) is 0.715. The Morgan fingerprint density at radius 3 is 2.58 bits per heavy atom. The molecule has 1 amide bonds. The van der Waals surface area contributed by atoms with Crippen LogP contribution in [0.4, 0.5) is 5.69 Å². The minimum Gasteiger partial charge on any atom is -0.397 e. The third kappa shape index (κ3) is 3.74. The summed E-state index contributed by atoms with van der Waals surface area (Å²) in [4.78, 5) is 21.3. The number of nitrogen functional groups attached to an aromatic ring is 1. The summed E-state index contributed by atoms with van der Waals surface area (Å²) in [5.41, 5.74) is 8.78. The maximum absolute atomic E-state index is 12.7. The van der Waals surface area contributed by atoms with Crippen LogP contribution in [0.25, 0.3) is 11.3 Å². The Kier molecular flexibility index (Phi) is 5.31. The summed E-state index contributed by atoms with van der Waals surface area (Å²) >= 11 is 0. The number of nitrogens with zero attached hydrogens (tertiary/aromatic N) is 3. The van der Waals surface area contributed by atoms with E-state index in [0.29, 0.717) is 11.3 Å². The minimum atomic E-state index is -0.119. The first-order valence-corrected chi connectivity index (χ1v) is 8.69. The van der Waals surface area contributed by atoms with Gasteiger partial charge in [-0.05, 0) is 30.7 Å². The molecule has 1 aromatic carbocycles. The van der Waals surface area contributed by atoms with E-state index >= 15 is 0 Å². The van der Waals surface area contributed by atoms with Gasteiger partial charge in [-0.3, -0.25) is 9.78 Å². The van der Waals surface area contributed by atoms with Gasteiger partial charge in [-0.15, -0.1) is 0 Å². The van der Waals surface area contributed by atoms with Crippen molar-refractivity contribution in [2.45, 2.75) is 25.8 Å². The number of benzene rings is 1. The van der Waals surface area contributed by atoms with E-state index in [9.17, 15) is 4.79 Å². The number of aryl methyl sites for hydroxylation is 1. The Bertz CT molecular complexity index is 885. The predicted octanol–water partition coefficient (Wildman–Crippen LogP) is 3.34.